The molecule has 0 aliphatic carbocycles. The number of amides is 2. The van der Waals surface area contributed by atoms with Gasteiger partial charge in [-0.25, -0.2) is 13.6 Å². The molecule has 4 nitrogen and oxygen atoms in total. The van der Waals surface area contributed by atoms with Gasteiger partial charge in [0.1, 0.15) is 0 Å². The van der Waals surface area contributed by atoms with Gasteiger partial charge in [-0.1, -0.05) is 6.07 Å². The van der Waals surface area contributed by atoms with Crippen LogP contribution in [0.2, 0.25) is 0 Å². The number of carbonyl (C=O) groups is 1. The fourth-order valence-corrected chi connectivity index (χ4v) is 3.14. The van der Waals surface area contributed by atoms with Gasteiger partial charge in [-0.15, -0.1) is 0 Å². The van der Waals surface area contributed by atoms with Gasteiger partial charge in [0.05, 0.1) is 0 Å². The Morgan fingerprint density at radius 1 is 1.38 bits per heavy atom. The van der Waals surface area contributed by atoms with Crippen molar-refractivity contribution in [3.8, 4) is 0 Å². The Morgan fingerprint density at radius 3 is 2.79 bits per heavy atom. The summed E-state index contributed by atoms with van der Waals surface area (Å²) in [6.45, 7) is 4.51. The van der Waals surface area contributed by atoms with Crippen molar-refractivity contribution in [2.45, 2.75) is 32.2 Å². The maximum absolute atomic E-state index is 13.2. The van der Waals surface area contributed by atoms with E-state index >= 15 is 0 Å². The van der Waals surface area contributed by atoms with Gasteiger partial charge in [-0.2, -0.15) is 0 Å². The summed E-state index contributed by atoms with van der Waals surface area (Å²) < 4.78 is 26.1. The van der Waals surface area contributed by atoms with E-state index in [0.717, 1.165) is 37.7 Å². The van der Waals surface area contributed by atoms with Gasteiger partial charge in [-0.3, -0.25) is 0 Å². The highest BCUT2D eigenvalue weighted by atomic mass is 19.2. The van der Waals surface area contributed by atoms with Crippen molar-refractivity contribution in [1.29, 1.82) is 0 Å². The van der Waals surface area contributed by atoms with E-state index in [4.69, 9.17) is 0 Å². The number of benzene rings is 1. The van der Waals surface area contributed by atoms with E-state index in [0.29, 0.717) is 18.8 Å². The molecule has 1 heterocycles. The third kappa shape index (κ3) is 5.44. The van der Waals surface area contributed by atoms with Crippen molar-refractivity contribution < 1.29 is 13.6 Å². The number of rotatable bonds is 6. The number of halogens is 2. The predicted octanol–water partition coefficient (Wildman–Crippen LogP) is 2.88. The normalized spacial score (nSPS) is 18.9. The number of hydrogen-bond acceptors (Lipinski definition) is 2. The number of likely N-dealkylation sites (tertiary alicyclic amines) is 1. The standard InChI is InChI=1S/C18H27F2N3O/c1-13(4-5-14-6-7-16(19)17(20)10-14)21-18(24)23-9-8-15(12-23)11-22(2)3/h6-7,10,13,15H,4-5,8-9,11-12H2,1-3H3,(H,21,24)/t13-,15+/m0/s1. The van der Waals surface area contributed by atoms with E-state index in [2.05, 4.69) is 10.2 Å². The molecule has 0 aromatic heterocycles. The van der Waals surface area contributed by atoms with Gasteiger partial charge in [0.25, 0.3) is 0 Å². The van der Waals surface area contributed by atoms with E-state index in [9.17, 15) is 13.6 Å². The van der Waals surface area contributed by atoms with E-state index in [1.807, 2.05) is 25.9 Å². The van der Waals surface area contributed by atoms with Crippen LogP contribution in [0.4, 0.5) is 13.6 Å². The molecule has 0 radical (unpaired) electrons. The monoisotopic (exact) mass is 339 g/mol. The number of hydrogen-bond donors (Lipinski definition) is 1. The van der Waals surface area contributed by atoms with E-state index in [1.165, 1.54) is 6.07 Å². The minimum absolute atomic E-state index is 0.0153. The molecule has 1 fully saturated rings. The van der Waals surface area contributed by atoms with Crippen molar-refractivity contribution in [2.24, 2.45) is 5.92 Å². The second-order valence-corrected chi connectivity index (χ2v) is 7.00. The summed E-state index contributed by atoms with van der Waals surface area (Å²) in [5.74, 6) is -1.13. The number of carbonyl (C=O) groups excluding carboxylic acids is 1. The first-order chi connectivity index (χ1) is 11.3. The lowest BCUT2D eigenvalue weighted by molar-refractivity contribution is 0.201. The molecule has 24 heavy (non-hydrogen) atoms. The minimum atomic E-state index is -0.832. The number of aryl methyl sites for hydroxylation is 1. The number of nitrogens with zero attached hydrogens (tertiary/aromatic N) is 2. The highest BCUT2D eigenvalue weighted by molar-refractivity contribution is 5.74. The van der Waals surface area contributed by atoms with Crippen molar-refractivity contribution in [3.05, 3.63) is 35.4 Å². The first-order valence-corrected chi connectivity index (χ1v) is 8.49. The summed E-state index contributed by atoms with van der Waals surface area (Å²) in [6.07, 6.45) is 2.32. The van der Waals surface area contributed by atoms with Crippen LogP contribution in [0.15, 0.2) is 18.2 Å². The largest absolute Gasteiger partial charge is 0.336 e. The molecule has 2 rings (SSSR count). The van der Waals surface area contributed by atoms with Crippen molar-refractivity contribution >= 4 is 6.03 Å². The molecular formula is C18H27F2N3O. The van der Waals surface area contributed by atoms with Crippen LogP contribution in [-0.4, -0.2) is 55.6 Å². The second-order valence-electron chi connectivity index (χ2n) is 7.00. The molecule has 1 saturated heterocycles. The summed E-state index contributed by atoms with van der Waals surface area (Å²) in [4.78, 5) is 16.3. The molecule has 0 unspecified atom stereocenters. The maximum atomic E-state index is 13.2. The molecule has 6 heteroatoms. The second kappa shape index (κ2) is 8.42. The van der Waals surface area contributed by atoms with Crippen LogP contribution in [0.1, 0.15) is 25.3 Å². The van der Waals surface area contributed by atoms with Crippen LogP contribution < -0.4 is 5.32 Å². The summed E-state index contributed by atoms with van der Waals surface area (Å²) >= 11 is 0. The average molecular weight is 339 g/mol. The molecule has 0 spiro atoms. The Kier molecular flexibility index (Phi) is 6.54. The van der Waals surface area contributed by atoms with Crippen LogP contribution in [0.5, 0.6) is 0 Å². The fraction of sp³-hybridized carbons (Fsp3) is 0.611. The number of urea groups is 1. The van der Waals surface area contributed by atoms with Gasteiger partial charge < -0.3 is 15.1 Å². The topological polar surface area (TPSA) is 35.6 Å². The Hall–Kier alpha value is -1.69. The lowest BCUT2D eigenvalue weighted by atomic mass is 10.1. The van der Waals surface area contributed by atoms with E-state index < -0.39 is 11.6 Å². The molecule has 134 valence electrons. The van der Waals surface area contributed by atoms with Gasteiger partial charge in [0.15, 0.2) is 11.6 Å². The zero-order valence-electron chi connectivity index (χ0n) is 14.7. The molecular weight excluding hydrogens is 312 g/mol. The van der Waals surface area contributed by atoms with Gasteiger partial charge in [0.2, 0.25) is 0 Å². The SMILES string of the molecule is C[C@@H](CCc1ccc(F)c(F)c1)NC(=O)N1CC[C@H](CN(C)C)C1. The Balaban J connectivity index is 1.74. The smallest absolute Gasteiger partial charge is 0.317 e. The van der Waals surface area contributed by atoms with Crippen LogP contribution in [0.3, 0.4) is 0 Å². The lowest BCUT2D eigenvalue weighted by Gasteiger charge is -2.22. The summed E-state index contributed by atoms with van der Waals surface area (Å²) in [6, 6.07) is 3.89. The van der Waals surface area contributed by atoms with Crippen LogP contribution in [0.25, 0.3) is 0 Å². The van der Waals surface area contributed by atoms with E-state index in [-0.39, 0.29) is 12.1 Å². The molecule has 0 bridgehead atoms. The molecule has 1 aromatic rings. The predicted molar refractivity (Wildman–Crippen MR) is 90.9 cm³/mol. The highest BCUT2D eigenvalue weighted by Crippen LogP contribution is 2.17. The first-order valence-electron chi connectivity index (χ1n) is 8.49. The first kappa shape index (κ1) is 18.6. The van der Waals surface area contributed by atoms with E-state index in [1.54, 1.807) is 6.07 Å². The maximum Gasteiger partial charge on any atom is 0.317 e. The van der Waals surface area contributed by atoms with Crippen molar-refractivity contribution in [1.82, 2.24) is 15.1 Å². The van der Waals surface area contributed by atoms with Crippen molar-refractivity contribution in [2.75, 3.05) is 33.7 Å². The van der Waals surface area contributed by atoms with Crippen LogP contribution in [-0.2, 0) is 6.42 Å². The summed E-state index contributed by atoms with van der Waals surface area (Å²) in [7, 11) is 4.09. The van der Waals surface area contributed by atoms with Crippen molar-refractivity contribution in [3.63, 3.8) is 0 Å². The molecule has 1 aliphatic heterocycles. The Morgan fingerprint density at radius 2 is 2.12 bits per heavy atom. The van der Waals surface area contributed by atoms with Crippen LogP contribution >= 0.6 is 0 Å². The van der Waals surface area contributed by atoms with Gasteiger partial charge in [-0.05, 0) is 63.9 Å². The molecule has 0 saturated carbocycles. The molecule has 2 atom stereocenters. The third-order valence-corrected chi connectivity index (χ3v) is 4.42. The Labute approximate surface area is 142 Å². The summed E-state index contributed by atoms with van der Waals surface area (Å²) in [5, 5.41) is 3.00. The zero-order chi connectivity index (χ0) is 17.7. The molecule has 1 aromatic carbocycles. The molecule has 1 N–H and O–H groups in total. The Bertz CT molecular complexity index is 565. The third-order valence-electron chi connectivity index (χ3n) is 4.42. The quantitative estimate of drug-likeness (QED) is 0.865. The lowest BCUT2D eigenvalue weighted by Crippen LogP contribution is -2.43. The number of nitrogens with one attached hydrogen (secondary N) is 1. The van der Waals surface area contributed by atoms with Gasteiger partial charge in [0, 0.05) is 25.7 Å². The minimum Gasteiger partial charge on any atom is -0.336 e. The van der Waals surface area contributed by atoms with Gasteiger partial charge >= 0.3 is 6.03 Å². The zero-order valence-corrected chi connectivity index (χ0v) is 14.7. The molecule has 2 amide bonds. The van der Waals surface area contributed by atoms with Crippen LogP contribution in [0, 0.1) is 17.6 Å². The fourth-order valence-electron chi connectivity index (χ4n) is 3.14. The summed E-state index contributed by atoms with van der Waals surface area (Å²) in [5.41, 5.74) is 0.738. The average Bonchev–Trinajstić information content (AvgIpc) is 2.96. The highest BCUT2D eigenvalue weighted by Gasteiger charge is 2.26. The molecule has 1 aliphatic rings.